The van der Waals surface area contributed by atoms with Crippen molar-refractivity contribution in [1.29, 1.82) is 0 Å². The average Bonchev–Trinajstić information content (AvgIpc) is 2.14. The molecule has 1 aromatic carbocycles. The molecule has 0 aliphatic rings. The standard InChI is InChI=1S/C12H15BrFNO2/c1-12(2,14)8-4-3-7(5-9(8)13)10(15)6-11(16)17/h3-5,10H,6,15H2,1-2H3,(H,16,17). The van der Waals surface area contributed by atoms with Gasteiger partial charge in [0.2, 0.25) is 0 Å². The molecule has 3 nitrogen and oxygen atoms in total. The number of rotatable bonds is 4. The van der Waals surface area contributed by atoms with Crippen molar-refractivity contribution >= 4 is 21.9 Å². The van der Waals surface area contributed by atoms with Crippen molar-refractivity contribution in [3.63, 3.8) is 0 Å². The molecule has 0 aliphatic heterocycles. The molecule has 94 valence electrons. The van der Waals surface area contributed by atoms with Crippen LogP contribution in [0.5, 0.6) is 0 Å². The van der Waals surface area contributed by atoms with Crippen LogP contribution in [0.4, 0.5) is 4.39 Å². The first-order chi connectivity index (χ1) is 7.71. The molecular formula is C12H15BrFNO2. The highest BCUT2D eigenvalue weighted by atomic mass is 79.9. The topological polar surface area (TPSA) is 63.3 Å². The van der Waals surface area contributed by atoms with Gasteiger partial charge in [-0.15, -0.1) is 0 Å². The second kappa shape index (κ2) is 5.14. The fraction of sp³-hybridized carbons (Fsp3) is 0.417. The molecule has 1 aromatic rings. The average molecular weight is 304 g/mol. The molecule has 0 heterocycles. The number of benzene rings is 1. The first-order valence-corrected chi connectivity index (χ1v) is 5.97. The van der Waals surface area contributed by atoms with Crippen LogP contribution >= 0.6 is 15.9 Å². The third-order valence-electron chi connectivity index (χ3n) is 2.46. The molecule has 5 heteroatoms. The summed E-state index contributed by atoms with van der Waals surface area (Å²) in [6.07, 6.45) is -0.148. The maximum Gasteiger partial charge on any atom is 0.305 e. The van der Waals surface area contributed by atoms with Crippen molar-refractivity contribution in [2.45, 2.75) is 32.0 Å². The van der Waals surface area contributed by atoms with E-state index in [0.717, 1.165) is 0 Å². The van der Waals surface area contributed by atoms with Crippen LogP contribution in [-0.2, 0) is 10.5 Å². The van der Waals surface area contributed by atoms with Gasteiger partial charge in [-0.25, -0.2) is 4.39 Å². The smallest absolute Gasteiger partial charge is 0.305 e. The fourth-order valence-electron chi connectivity index (χ4n) is 1.55. The van der Waals surface area contributed by atoms with Crippen molar-refractivity contribution < 1.29 is 14.3 Å². The summed E-state index contributed by atoms with van der Waals surface area (Å²) >= 11 is 3.27. The summed E-state index contributed by atoms with van der Waals surface area (Å²) in [5.74, 6) is -0.955. The molecule has 0 spiro atoms. The van der Waals surface area contributed by atoms with Crippen LogP contribution in [0.2, 0.25) is 0 Å². The Morgan fingerprint density at radius 2 is 2.18 bits per heavy atom. The minimum atomic E-state index is -1.45. The summed E-state index contributed by atoms with van der Waals surface area (Å²) in [5, 5.41) is 8.65. The van der Waals surface area contributed by atoms with Gasteiger partial charge in [-0.1, -0.05) is 28.1 Å². The number of hydrogen-bond donors (Lipinski definition) is 2. The number of nitrogens with two attached hydrogens (primary N) is 1. The summed E-state index contributed by atoms with van der Waals surface area (Å²) in [7, 11) is 0. The van der Waals surface area contributed by atoms with E-state index in [1.54, 1.807) is 18.2 Å². The van der Waals surface area contributed by atoms with E-state index in [1.165, 1.54) is 13.8 Å². The molecule has 0 saturated heterocycles. The molecule has 17 heavy (non-hydrogen) atoms. The molecule has 0 aromatic heterocycles. The zero-order valence-corrected chi connectivity index (χ0v) is 11.3. The van der Waals surface area contributed by atoms with Gasteiger partial charge >= 0.3 is 5.97 Å². The maximum absolute atomic E-state index is 13.8. The van der Waals surface area contributed by atoms with E-state index in [-0.39, 0.29) is 6.42 Å². The highest BCUT2D eigenvalue weighted by molar-refractivity contribution is 9.10. The van der Waals surface area contributed by atoms with Gasteiger partial charge in [0.25, 0.3) is 0 Å². The van der Waals surface area contributed by atoms with Crippen molar-refractivity contribution in [2.24, 2.45) is 5.73 Å². The summed E-state index contributed by atoms with van der Waals surface area (Å²) in [5.41, 5.74) is 5.47. The van der Waals surface area contributed by atoms with Crippen LogP contribution < -0.4 is 5.73 Å². The largest absolute Gasteiger partial charge is 0.481 e. The van der Waals surface area contributed by atoms with Gasteiger partial charge in [-0.3, -0.25) is 4.79 Å². The molecule has 0 saturated carbocycles. The number of aliphatic carboxylic acids is 1. The monoisotopic (exact) mass is 303 g/mol. The zero-order valence-electron chi connectivity index (χ0n) is 9.71. The van der Waals surface area contributed by atoms with E-state index in [9.17, 15) is 9.18 Å². The minimum Gasteiger partial charge on any atom is -0.481 e. The Kier molecular flexibility index (Phi) is 4.27. The predicted octanol–water partition coefficient (Wildman–Crippen LogP) is 3.13. The SMILES string of the molecule is CC(C)(F)c1ccc(C(N)CC(=O)O)cc1Br. The van der Waals surface area contributed by atoms with Gasteiger partial charge in [0, 0.05) is 16.1 Å². The lowest BCUT2D eigenvalue weighted by molar-refractivity contribution is -0.137. The van der Waals surface area contributed by atoms with Gasteiger partial charge in [-0.2, -0.15) is 0 Å². The van der Waals surface area contributed by atoms with Crippen LogP contribution in [0.15, 0.2) is 22.7 Å². The molecule has 0 aliphatic carbocycles. The molecule has 1 unspecified atom stereocenters. The normalized spacial score (nSPS) is 13.5. The summed E-state index contributed by atoms with van der Waals surface area (Å²) < 4.78 is 14.4. The van der Waals surface area contributed by atoms with Crippen LogP contribution in [-0.4, -0.2) is 11.1 Å². The molecule has 1 atom stereocenters. The van der Waals surface area contributed by atoms with Gasteiger partial charge in [-0.05, 0) is 25.5 Å². The van der Waals surface area contributed by atoms with Gasteiger partial charge < -0.3 is 10.8 Å². The Labute approximate surface area is 108 Å². The number of alkyl halides is 1. The van der Waals surface area contributed by atoms with E-state index in [4.69, 9.17) is 10.8 Å². The van der Waals surface area contributed by atoms with Gasteiger partial charge in [0.15, 0.2) is 0 Å². The minimum absolute atomic E-state index is 0.148. The lowest BCUT2D eigenvalue weighted by Gasteiger charge is -2.18. The van der Waals surface area contributed by atoms with E-state index < -0.39 is 17.7 Å². The Bertz CT molecular complexity index is 429. The predicted molar refractivity (Wildman–Crippen MR) is 67.5 cm³/mol. The van der Waals surface area contributed by atoms with Crippen molar-refractivity contribution in [3.8, 4) is 0 Å². The van der Waals surface area contributed by atoms with Crippen LogP contribution in [0, 0.1) is 0 Å². The van der Waals surface area contributed by atoms with Crippen LogP contribution in [0.3, 0.4) is 0 Å². The molecule has 0 amide bonds. The first-order valence-electron chi connectivity index (χ1n) is 5.18. The number of halogens is 2. The summed E-state index contributed by atoms with van der Waals surface area (Å²) in [4.78, 5) is 10.5. The quantitative estimate of drug-likeness (QED) is 0.898. The van der Waals surface area contributed by atoms with Crippen molar-refractivity contribution in [2.75, 3.05) is 0 Å². The molecule has 1 rings (SSSR count). The van der Waals surface area contributed by atoms with Crippen LogP contribution in [0.1, 0.15) is 37.4 Å². The highest BCUT2D eigenvalue weighted by Gasteiger charge is 2.22. The Balaban J connectivity index is 3.00. The first kappa shape index (κ1) is 14.1. The third-order valence-corrected chi connectivity index (χ3v) is 3.11. The second-order valence-corrected chi connectivity index (χ2v) is 5.27. The van der Waals surface area contributed by atoms with E-state index in [1.807, 2.05) is 0 Å². The lowest BCUT2D eigenvalue weighted by atomic mass is 9.96. The van der Waals surface area contributed by atoms with Gasteiger partial charge in [0.05, 0.1) is 6.42 Å². The Hall–Kier alpha value is -0.940. The second-order valence-electron chi connectivity index (χ2n) is 4.42. The van der Waals surface area contributed by atoms with Crippen molar-refractivity contribution in [3.05, 3.63) is 33.8 Å². The number of carboxylic acids is 1. The molecule has 0 radical (unpaired) electrons. The molecule has 0 fully saturated rings. The van der Waals surface area contributed by atoms with E-state index in [0.29, 0.717) is 15.6 Å². The molecule has 0 bridgehead atoms. The Morgan fingerprint density at radius 3 is 2.59 bits per heavy atom. The molecular weight excluding hydrogens is 289 g/mol. The summed E-state index contributed by atoms with van der Waals surface area (Å²) in [6, 6.07) is 4.38. The third kappa shape index (κ3) is 3.78. The van der Waals surface area contributed by atoms with E-state index in [2.05, 4.69) is 15.9 Å². The number of carbonyl (C=O) groups is 1. The van der Waals surface area contributed by atoms with E-state index >= 15 is 0 Å². The number of hydrogen-bond acceptors (Lipinski definition) is 2. The zero-order chi connectivity index (χ0) is 13.2. The van der Waals surface area contributed by atoms with Crippen molar-refractivity contribution in [1.82, 2.24) is 0 Å². The fourth-order valence-corrected chi connectivity index (χ4v) is 2.42. The highest BCUT2D eigenvalue weighted by Crippen LogP contribution is 2.33. The lowest BCUT2D eigenvalue weighted by Crippen LogP contribution is -2.16. The number of carboxylic acid groups (broad SMARTS) is 1. The van der Waals surface area contributed by atoms with Gasteiger partial charge in [0.1, 0.15) is 5.67 Å². The summed E-state index contributed by atoms with van der Waals surface area (Å²) in [6.45, 7) is 2.92. The Morgan fingerprint density at radius 1 is 1.59 bits per heavy atom. The maximum atomic E-state index is 13.8. The molecule has 3 N–H and O–H groups in total. The van der Waals surface area contributed by atoms with Crippen LogP contribution in [0.25, 0.3) is 0 Å².